The molecule has 0 atom stereocenters. The summed E-state index contributed by atoms with van der Waals surface area (Å²) in [6.45, 7) is 3.19. The lowest BCUT2D eigenvalue weighted by atomic mass is 10.2. The van der Waals surface area contributed by atoms with E-state index in [9.17, 15) is 4.79 Å². The summed E-state index contributed by atoms with van der Waals surface area (Å²) < 4.78 is 5.31. The van der Waals surface area contributed by atoms with Crippen LogP contribution in [0, 0.1) is 6.92 Å². The van der Waals surface area contributed by atoms with Crippen molar-refractivity contribution in [2.24, 2.45) is 0 Å². The third kappa shape index (κ3) is 3.43. The van der Waals surface area contributed by atoms with E-state index < -0.39 is 0 Å². The molecule has 0 fully saturated rings. The van der Waals surface area contributed by atoms with Crippen LogP contribution in [-0.2, 0) is 0 Å². The number of thiazole rings is 1. The molecule has 0 aliphatic heterocycles. The Morgan fingerprint density at radius 1 is 1.42 bits per heavy atom. The van der Waals surface area contributed by atoms with E-state index >= 15 is 0 Å². The summed E-state index contributed by atoms with van der Waals surface area (Å²) >= 11 is 7.27. The SMILES string of the molecule is Cc1nc(-c2noc3cc(Cl)ccc23)sc1C(=O)NCCN(C)C. The van der Waals surface area contributed by atoms with E-state index in [2.05, 4.69) is 15.5 Å². The van der Waals surface area contributed by atoms with Crippen LogP contribution in [0.1, 0.15) is 15.4 Å². The van der Waals surface area contributed by atoms with Crippen molar-refractivity contribution >= 4 is 39.8 Å². The molecule has 0 unspecified atom stereocenters. The number of aromatic nitrogens is 2. The fourth-order valence-corrected chi connectivity index (χ4v) is 3.39. The highest BCUT2D eigenvalue weighted by Gasteiger charge is 2.20. The van der Waals surface area contributed by atoms with Crippen molar-refractivity contribution in [3.63, 3.8) is 0 Å². The van der Waals surface area contributed by atoms with Crippen LogP contribution in [0.25, 0.3) is 21.7 Å². The number of carbonyl (C=O) groups excluding carboxylic acids is 1. The quantitative estimate of drug-likeness (QED) is 0.752. The molecule has 0 saturated carbocycles. The fourth-order valence-electron chi connectivity index (χ4n) is 2.25. The number of benzene rings is 1. The van der Waals surface area contributed by atoms with Crippen LogP contribution in [0.15, 0.2) is 22.7 Å². The number of aryl methyl sites for hydroxylation is 1. The summed E-state index contributed by atoms with van der Waals surface area (Å²) in [5.41, 5.74) is 1.91. The highest BCUT2D eigenvalue weighted by Crippen LogP contribution is 2.33. The predicted molar refractivity (Wildman–Crippen MR) is 95.8 cm³/mol. The molecule has 0 aliphatic carbocycles. The van der Waals surface area contributed by atoms with Gasteiger partial charge in [-0.1, -0.05) is 16.8 Å². The van der Waals surface area contributed by atoms with Crippen LogP contribution in [0.2, 0.25) is 5.02 Å². The number of halogens is 1. The van der Waals surface area contributed by atoms with E-state index in [1.807, 2.05) is 32.0 Å². The summed E-state index contributed by atoms with van der Waals surface area (Å²) in [7, 11) is 3.92. The first-order chi connectivity index (χ1) is 11.5. The molecule has 2 aromatic heterocycles. The Morgan fingerprint density at radius 2 is 2.21 bits per heavy atom. The first-order valence-corrected chi connectivity index (χ1v) is 8.61. The normalized spacial score (nSPS) is 11.4. The molecule has 1 N–H and O–H groups in total. The van der Waals surface area contributed by atoms with Crippen molar-refractivity contribution in [1.82, 2.24) is 20.4 Å². The third-order valence-electron chi connectivity index (χ3n) is 3.48. The Kier molecular flexibility index (Phi) is 4.84. The average molecular weight is 365 g/mol. The molecule has 6 nitrogen and oxygen atoms in total. The lowest BCUT2D eigenvalue weighted by Crippen LogP contribution is -2.31. The number of hydrogen-bond acceptors (Lipinski definition) is 6. The second-order valence-corrected chi connectivity index (χ2v) is 7.10. The number of likely N-dealkylation sites (N-methyl/N-ethyl adjacent to an activating group) is 1. The number of amides is 1. The smallest absolute Gasteiger partial charge is 0.263 e. The lowest BCUT2D eigenvalue weighted by molar-refractivity contribution is 0.0954. The van der Waals surface area contributed by atoms with E-state index in [0.717, 1.165) is 11.9 Å². The molecular weight excluding hydrogens is 348 g/mol. The molecule has 0 aliphatic rings. The molecule has 24 heavy (non-hydrogen) atoms. The molecule has 8 heteroatoms. The van der Waals surface area contributed by atoms with Gasteiger partial charge in [0.15, 0.2) is 5.58 Å². The molecule has 0 saturated heterocycles. The predicted octanol–water partition coefficient (Wildman–Crippen LogP) is 3.20. The van der Waals surface area contributed by atoms with Gasteiger partial charge in [0, 0.05) is 24.2 Å². The van der Waals surface area contributed by atoms with Gasteiger partial charge in [-0.05, 0) is 33.2 Å². The lowest BCUT2D eigenvalue weighted by Gasteiger charge is -2.09. The number of hydrogen-bond donors (Lipinski definition) is 1. The molecule has 1 amide bonds. The van der Waals surface area contributed by atoms with Gasteiger partial charge < -0.3 is 14.7 Å². The Morgan fingerprint density at radius 3 is 2.96 bits per heavy atom. The maximum Gasteiger partial charge on any atom is 0.263 e. The van der Waals surface area contributed by atoms with Crippen molar-refractivity contribution in [1.29, 1.82) is 0 Å². The third-order valence-corrected chi connectivity index (χ3v) is 4.88. The zero-order valence-electron chi connectivity index (χ0n) is 13.6. The first kappa shape index (κ1) is 16.9. The van der Waals surface area contributed by atoms with Crippen LogP contribution in [0.4, 0.5) is 0 Å². The Labute approximate surface area is 148 Å². The summed E-state index contributed by atoms with van der Waals surface area (Å²) in [5.74, 6) is -0.117. The topological polar surface area (TPSA) is 71.3 Å². The van der Waals surface area contributed by atoms with Gasteiger partial charge in [-0.25, -0.2) is 4.98 Å². The van der Waals surface area contributed by atoms with Crippen LogP contribution in [-0.4, -0.2) is 48.1 Å². The van der Waals surface area contributed by atoms with E-state index in [-0.39, 0.29) is 5.91 Å². The van der Waals surface area contributed by atoms with Gasteiger partial charge >= 0.3 is 0 Å². The largest absolute Gasteiger partial charge is 0.356 e. The standard InChI is InChI=1S/C16H17ClN4O2S/c1-9-14(15(22)18-6-7-21(2)3)24-16(19-9)13-11-5-4-10(17)8-12(11)23-20-13/h4-5,8H,6-7H2,1-3H3,(H,18,22). The Balaban J connectivity index is 1.86. The van der Waals surface area contributed by atoms with E-state index in [0.29, 0.717) is 38.4 Å². The Hall–Kier alpha value is -1.96. The minimum Gasteiger partial charge on any atom is -0.356 e. The van der Waals surface area contributed by atoms with Crippen LogP contribution >= 0.6 is 22.9 Å². The summed E-state index contributed by atoms with van der Waals surface area (Å²) in [4.78, 5) is 19.4. The second-order valence-electron chi connectivity index (χ2n) is 5.66. The second kappa shape index (κ2) is 6.88. The molecular formula is C16H17ClN4O2S. The average Bonchev–Trinajstić information content (AvgIpc) is 3.09. The van der Waals surface area contributed by atoms with Gasteiger partial charge in [0.2, 0.25) is 0 Å². The number of rotatable bonds is 5. The summed E-state index contributed by atoms with van der Waals surface area (Å²) in [6, 6.07) is 5.33. The molecule has 0 radical (unpaired) electrons. The van der Waals surface area contributed by atoms with Crippen LogP contribution < -0.4 is 5.32 Å². The monoisotopic (exact) mass is 364 g/mol. The molecule has 3 rings (SSSR count). The highest BCUT2D eigenvalue weighted by molar-refractivity contribution is 7.17. The van der Waals surface area contributed by atoms with E-state index in [4.69, 9.17) is 16.1 Å². The van der Waals surface area contributed by atoms with Gasteiger partial charge in [-0.15, -0.1) is 11.3 Å². The van der Waals surface area contributed by atoms with Crippen molar-refractivity contribution in [3.8, 4) is 10.7 Å². The summed E-state index contributed by atoms with van der Waals surface area (Å²) in [5, 5.41) is 9.05. The van der Waals surface area contributed by atoms with Crippen LogP contribution in [0.5, 0.6) is 0 Å². The minimum absolute atomic E-state index is 0.117. The molecule has 1 aromatic carbocycles. The number of nitrogens with zero attached hydrogens (tertiary/aromatic N) is 3. The van der Waals surface area contributed by atoms with Gasteiger partial charge in [0.05, 0.1) is 11.1 Å². The van der Waals surface area contributed by atoms with Gasteiger partial charge in [0.1, 0.15) is 15.6 Å². The van der Waals surface area contributed by atoms with Gasteiger partial charge in [0.25, 0.3) is 5.91 Å². The maximum absolute atomic E-state index is 12.3. The van der Waals surface area contributed by atoms with E-state index in [1.165, 1.54) is 11.3 Å². The number of carbonyl (C=O) groups is 1. The van der Waals surface area contributed by atoms with Crippen molar-refractivity contribution in [2.45, 2.75) is 6.92 Å². The van der Waals surface area contributed by atoms with Gasteiger partial charge in [-0.2, -0.15) is 0 Å². The van der Waals surface area contributed by atoms with E-state index in [1.54, 1.807) is 12.1 Å². The highest BCUT2D eigenvalue weighted by atomic mass is 35.5. The van der Waals surface area contributed by atoms with Crippen LogP contribution in [0.3, 0.4) is 0 Å². The van der Waals surface area contributed by atoms with Crippen molar-refractivity contribution in [2.75, 3.05) is 27.2 Å². The number of nitrogens with one attached hydrogen (secondary N) is 1. The molecule has 2 heterocycles. The maximum atomic E-state index is 12.3. The minimum atomic E-state index is -0.117. The zero-order valence-corrected chi connectivity index (χ0v) is 15.2. The zero-order chi connectivity index (χ0) is 17.3. The summed E-state index contributed by atoms with van der Waals surface area (Å²) in [6.07, 6.45) is 0. The molecule has 0 spiro atoms. The first-order valence-electron chi connectivity index (χ1n) is 7.41. The molecule has 0 bridgehead atoms. The number of fused-ring (bicyclic) bond motifs is 1. The molecule has 3 aromatic rings. The van der Waals surface area contributed by atoms with Gasteiger partial charge in [-0.3, -0.25) is 4.79 Å². The fraction of sp³-hybridized carbons (Fsp3) is 0.312. The van der Waals surface area contributed by atoms with Crippen molar-refractivity contribution < 1.29 is 9.32 Å². The van der Waals surface area contributed by atoms with Crippen molar-refractivity contribution in [3.05, 3.63) is 33.8 Å². The molecule has 126 valence electrons. The Bertz CT molecular complexity index is 887.